The van der Waals surface area contributed by atoms with Crippen LogP contribution in [0.1, 0.15) is 15.9 Å². The first-order chi connectivity index (χ1) is 7.86. The number of hydrogen-bond donors (Lipinski definition) is 1. The Morgan fingerprint density at radius 3 is 2.53 bits per heavy atom. The molecule has 0 spiro atoms. The molecule has 0 aliphatic rings. The molecule has 1 N–H and O–H groups in total. The van der Waals surface area contributed by atoms with Crippen LogP contribution in [0.3, 0.4) is 0 Å². The number of benzene rings is 1. The quantitative estimate of drug-likeness (QED) is 0.663. The van der Waals surface area contributed by atoms with Crippen LogP contribution >= 0.6 is 11.6 Å². The van der Waals surface area contributed by atoms with Crippen molar-refractivity contribution in [2.75, 3.05) is 12.4 Å². The molecular weight excluding hydrogens is 262 g/mol. The predicted octanol–water partition coefficient (Wildman–Crippen LogP) is 2.81. The highest BCUT2D eigenvalue weighted by Crippen LogP contribution is 2.30. The number of carbonyl (C=O) groups excluding carboxylic acids is 1. The lowest BCUT2D eigenvalue weighted by molar-refractivity contribution is -0.137. The molecule has 17 heavy (non-hydrogen) atoms. The van der Waals surface area contributed by atoms with E-state index < -0.39 is 29.0 Å². The lowest BCUT2D eigenvalue weighted by atomic mass is 10.1. The Hall–Kier alpha value is -1.30. The van der Waals surface area contributed by atoms with Crippen molar-refractivity contribution >= 4 is 17.5 Å². The minimum atomic E-state index is -4.62. The second kappa shape index (κ2) is 5.35. The van der Waals surface area contributed by atoms with Crippen LogP contribution in [-0.4, -0.2) is 18.3 Å². The van der Waals surface area contributed by atoms with Crippen molar-refractivity contribution in [2.24, 2.45) is 0 Å². The predicted molar refractivity (Wildman–Crippen MR) is 54.5 cm³/mol. The second-order valence-corrected chi connectivity index (χ2v) is 3.52. The van der Waals surface area contributed by atoms with Crippen molar-refractivity contribution < 1.29 is 22.4 Å². The molecule has 0 unspecified atom stereocenters. The molecule has 0 radical (unpaired) electrons. The summed E-state index contributed by atoms with van der Waals surface area (Å²) >= 11 is 5.29. The van der Waals surface area contributed by atoms with Crippen molar-refractivity contribution in [1.82, 2.24) is 5.32 Å². The Labute approximate surface area is 99.6 Å². The maximum atomic E-state index is 13.2. The molecule has 1 rings (SSSR count). The lowest BCUT2D eigenvalue weighted by Crippen LogP contribution is -2.26. The summed E-state index contributed by atoms with van der Waals surface area (Å²) in [5.74, 6) is -1.84. The summed E-state index contributed by atoms with van der Waals surface area (Å²) in [5, 5.41) is 2.19. The summed E-state index contributed by atoms with van der Waals surface area (Å²) < 4.78 is 50.2. The summed E-state index contributed by atoms with van der Waals surface area (Å²) in [6, 6.07) is 1.66. The van der Waals surface area contributed by atoms with Crippen LogP contribution in [-0.2, 0) is 6.18 Å². The summed E-state index contributed by atoms with van der Waals surface area (Å²) in [7, 11) is 0. The molecule has 7 heteroatoms. The summed E-state index contributed by atoms with van der Waals surface area (Å²) in [6.07, 6.45) is -4.62. The Morgan fingerprint density at radius 1 is 1.35 bits per heavy atom. The third-order valence-electron chi connectivity index (χ3n) is 1.92. The number of nitrogens with one attached hydrogen (secondary N) is 1. The van der Waals surface area contributed by atoms with Gasteiger partial charge in [0.1, 0.15) is 5.82 Å². The zero-order valence-electron chi connectivity index (χ0n) is 8.44. The average molecular weight is 270 g/mol. The van der Waals surface area contributed by atoms with E-state index in [1.165, 1.54) is 0 Å². The highest BCUT2D eigenvalue weighted by molar-refractivity contribution is 6.18. The number of carbonyl (C=O) groups is 1. The minimum absolute atomic E-state index is 0.0517. The van der Waals surface area contributed by atoms with Crippen LogP contribution in [0.2, 0.25) is 0 Å². The Balaban J connectivity index is 3.02. The summed E-state index contributed by atoms with van der Waals surface area (Å²) in [4.78, 5) is 11.3. The van der Waals surface area contributed by atoms with Crippen LogP contribution in [0, 0.1) is 5.82 Å². The smallest absolute Gasteiger partial charge is 0.351 e. The number of amides is 1. The topological polar surface area (TPSA) is 29.1 Å². The van der Waals surface area contributed by atoms with Crippen LogP contribution in [0.25, 0.3) is 0 Å². The molecule has 0 bridgehead atoms. The van der Waals surface area contributed by atoms with E-state index >= 15 is 0 Å². The number of hydrogen-bond acceptors (Lipinski definition) is 1. The number of rotatable bonds is 3. The molecule has 1 aromatic carbocycles. The fourth-order valence-electron chi connectivity index (χ4n) is 1.13. The van der Waals surface area contributed by atoms with E-state index in [1.54, 1.807) is 0 Å². The molecule has 0 aromatic heterocycles. The van der Waals surface area contributed by atoms with Crippen molar-refractivity contribution in [3.05, 3.63) is 35.1 Å². The molecular formula is C10H8ClF4NO. The fraction of sp³-hybridized carbons (Fsp3) is 0.300. The van der Waals surface area contributed by atoms with Crippen molar-refractivity contribution in [3.63, 3.8) is 0 Å². The van der Waals surface area contributed by atoms with Gasteiger partial charge in [0, 0.05) is 12.4 Å². The van der Waals surface area contributed by atoms with Crippen molar-refractivity contribution in [1.29, 1.82) is 0 Å². The summed E-state index contributed by atoms with van der Waals surface area (Å²) in [5.41, 5.74) is -1.72. The van der Waals surface area contributed by atoms with Crippen LogP contribution in [0.5, 0.6) is 0 Å². The van der Waals surface area contributed by atoms with Gasteiger partial charge >= 0.3 is 6.18 Å². The van der Waals surface area contributed by atoms with Gasteiger partial charge in [-0.15, -0.1) is 11.6 Å². The largest absolute Gasteiger partial charge is 0.416 e. The van der Waals surface area contributed by atoms with E-state index in [1.807, 2.05) is 0 Å². The summed E-state index contributed by atoms with van der Waals surface area (Å²) in [6.45, 7) is 0.0517. The molecule has 2 nitrogen and oxygen atoms in total. The van der Waals surface area contributed by atoms with Gasteiger partial charge in [-0.25, -0.2) is 4.39 Å². The van der Waals surface area contributed by atoms with Crippen LogP contribution in [0.4, 0.5) is 17.6 Å². The second-order valence-electron chi connectivity index (χ2n) is 3.14. The monoisotopic (exact) mass is 269 g/mol. The van der Waals surface area contributed by atoms with E-state index in [0.29, 0.717) is 18.2 Å². The van der Waals surface area contributed by atoms with E-state index in [9.17, 15) is 22.4 Å². The molecule has 1 amide bonds. The normalized spacial score (nSPS) is 11.4. The Bertz CT molecular complexity index is 419. The first-order valence-corrected chi connectivity index (χ1v) is 5.10. The standard InChI is InChI=1S/C10H8ClF4NO/c11-3-4-16-9(17)7-5-6(10(13,14)15)1-2-8(7)12/h1-2,5H,3-4H2,(H,16,17). The Morgan fingerprint density at radius 2 is 2.00 bits per heavy atom. The zero-order chi connectivity index (χ0) is 13.1. The minimum Gasteiger partial charge on any atom is -0.351 e. The molecule has 0 saturated heterocycles. The van der Waals surface area contributed by atoms with Gasteiger partial charge in [0.05, 0.1) is 11.1 Å². The van der Waals surface area contributed by atoms with Gasteiger partial charge in [-0.3, -0.25) is 4.79 Å². The van der Waals surface area contributed by atoms with Gasteiger partial charge in [0.25, 0.3) is 5.91 Å². The van der Waals surface area contributed by atoms with Gasteiger partial charge in [-0.05, 0) is 18.2 Å². The highest BCUT2D eigenvalue weighted by Gasteiger charge is 2.31. The van der Waals surface area contributed by atoms with E-state index in [-0.39, 0.29) is 12.4 Å². The average Bonchev–Trinajstić information content (AvgIpc) is 2.24. The van der Waals surface area contributed by atoms with Gasteiger partial charge in [0.2, 0.25) is 0 Å². The first kappa shape index (κ1) is 13.8. The third kappa shape index (κ3) is 3.59. The molecule has 0 atom stereocenters. The van der Waals surface area contributed by atoms with Gasteiger partial charge < -0.3 is 5.32 Å². The van der Waals surface area contributed by atoms with Gasteiger partial charge in [-0.1, -0.05) is 0 Å². The highest BCUT2D eigenvalue weighted by atomic mass is 35.5. The van der Waals surface area contributed by atoms with Gasteiger partial charge in [-0.2, -0.15) is 13.2 Å². The SMILES string of the molecule is O=C(NCCCl)c1cc(C(F)(F)F)ccc1F. The van der Waals surface area contributed by atoms with E-state index in [2.05, 4.69) is 5.32 Å². The maximum absolute atomic E-state index is 13.2. The molecule has 1 aromatic rings. The fourth-order valence-corrected chi connectivity index (χ4v) is 1.23. The molecule has 0 fully saturated rings. The first-order valence-electron chi connectivity index (χ1n) is 4.57. The Kier molecular flexibility index (Phi) is 4.34. The maximum Gasteiger partial charge on any atom is 0.416 e. The van der Waals surface area contributed by atoms with E-state index in [0.717, 1.165) is 0 Å². The molecule has 94 valence electrons. The van der Waals surface area contributed by atoms with Crippen LogP contribution < -0.4 is 5.32 Å². The van der Waals surface area contributed by atoms with E-state index in [4.69, 9.17) is 11.6 Å². The number of halogens is 5. The zero-order valence-corrected chi connectivity index (χ0v) is 9.20. The van der Waals surface area contributed by atoms with Crippen molar-refractivity contribution in [2.45, 2.75) is 6.18 Å². The van der Waals surface area contributed by atoms with Gasteiger partial charge in [0.15, 0.2) is 0 Å². The molecule has 0 aliphatic carbocycles. The third-order valence-corrected chi connectivity index (χ3v) is 2.11. The van der Waals surface area contributed by atoms with Crippen molar-refractivity contribution in [3.8, 4) is 0 Å². The van der Waals surface area contributed by atoms with Crippen LogP contribution in [0.15, 0.2) is 18.2 Å². The molecule has 0 saturated carbocycles. The molecule has 0 heterocycles. The molecule has 0 aliphatic heterocycles. The number of alkyl halides is 4. The lowest BCUT2D eigenvalue weighted by Gasteiger charge is -2.09.